The van der Waals surface area contributed by atoms with E-state index in [1.165, 1.54) is 46.9 Å². The van der Waals surface area contributed by atoms with Crippen LogP contribution in [0.3, 0.4) is 0 Å². The zero-order chi connectivity index (χ0) is 20.6. The van der Waals surface area contributed by atoms with Crippen LogP contribution in [0.1, 0.15) is 46.5 Å². The Labute approximate surface area is 202 Å². The van der Waals surface area contributed by atoms with Gasteiger partial charge in [0.1, 0.15) is 0 Å². The van der Waals surface area contributed by atoms with E-state index in [2.05, 4.69) is 70.5 Å². The molecule has 1 aliphatic heterocycles. The number of hydrogen-bond acceptors (Lipinski definition) is 4. The predicted molar refractivity (Wildman–Crippen MR) is 139 cm³/mol. The number of guanidine groups is 1. The van der Waals surface area contributed by atoms with E-state index < -0.39 is 0 Å². The van der Waals surface area contributed by atoms with Gasteiger partial charge in [-0.2, -0.15) is 0 Å². The Morgan fingerprint density at radius 1 is 1.20 bits per heavy atom. The highest BCUT2D eigenvalue weighted by molar-refractivity contribution is 14.0. The highest BCUT2D eigenvalue weighted by atomic mass is 127. The van der Waals surface area contributed by atoms with Gasteiger partial charge in [-0.1, -0.05) is 31.2 Å². The smallest absolute Gasteiger partial charge is 0.191 e. The van der Waals surface area contributed by atoms with E-state index in [4.69, 9.17) is 0 Å². The largest absolute Gasteiger partial charge is 0.356 e. The van der Waals surface area contributed by atoms with Crippen molar-refractivity contribution in [2.24, 2.45) is 10.9 Å². The minimum absolute atomic E-state index is 0. The molecule has 166 valence electrons. The molecule has 1 saturated heterocycles. The number of thiazole rings is 1. The van der Waals surface area contributed by atoms with Crippen molar-refractivity contribution < 1.29 is 0 Å². The number of hydrogen-bond donors (Lipinski definition) is 2. The van der Waals surface area contributed by atoms with Crippen LogP contribution in [-0.4, -0.2) is 42.5 Å². The van der Waals surface area contributed by atoms with Gasteiger partial charge >= 0.3 is 0 Å². The fourth-order valence-electron chi connectivity index (χ4n) is 3.66. The van der Waals surface area contributed by atoms with E-state index in [-0.39, 0.29) is 24.0 Å². The van der Waals surface area contributed by atoms with Crippen molar-refractivity contribution in [1.29, 1.82) is 0 Å². The first-order valence-corrected chi connectivity index (χ1v) is 11.5. The molecule has 1 fully saturated rings. The van der Waals surface area contributed by atoms with Crippen molar-refractivity contribution in [3.63, 3.8) is 0 Å². The van der Waals surface area contributed by atoms with Gasteiger partial charge in [0, 0.05) is 38.0 Å². The number of halogens is 1. The summed E-state index contributed by atoms with van der Waals surface area (Å²) in [5.74, 6) is 1.72. The second kappa shape index (κ2) is 12.6. The molecule has 30 heavy (non-hydrogen) atoms. The van der Waals surface area contributed by atoms with Crippen LogP contribution in [0.2, 0.25) is 0 Å². The fraction of sp³-hybridized carbons (Fsp3) is 0.565. The van der Waals surface area contributed by atoms with Crippen LogP contribution in [0.15, 0.2) is 29.3 Å². The molecule has 0 radical (unpaired) electrons. The molecule has 0 saturated carbocycles. The Balaban J connectivity index is 0.00000320. The molecule has 1 aliphatic rings. The van der Waals surface area contributed by atoms with Gasteiger partial charge in [-0.15, -0.1) is 35.3 Å². The molecule has 2 aromatic rings. The molecule has 1 aromatic carbocycles. The molecule has 3 rings (SSSR count). The molecule has 0 unspecified atom stereocenters. The lowest BCUT2D eigenvalue weighted by atomic mass is 9.98. The predicted octanol–water partition coefficient (Wildman–Crippen LogP) is 4.52. The third-order valence-electron chi connectivity index (χ3n) is 5.66. The van der Waals surface area contributed by atoms with Crippen molar-refractivity contribution in [2.75, 3.05) is 26.7 Å². The molecule has 5 nitrogen and oxygen atoms in total. The summed E-state index contributed by atoms with van der Waals surface area (Å²) in [6.45, 7) is 11.7. The number of piperidine rings is 1. The maximum atomic E-state index is 4.60. The number of benzene rings is 1. The number of rotatable bonds is 7. The Morgan fingerprint density at radius 3 is 2.60 bits per heavy atom. The third kappa shape index (κ3) is 7.81. The Bertz CT molecular complexity index is 792. The van der Waals surface area contributed by atoms with Crippen LogP contribution in [0.25, 0.3) is 0 Å². The normalized spacial score (nSPS) is 15.7. The maximum Gasteiger partial charge on any atom is 0.191 e. The summed E-state index contributed by atoms with van der Waals surface area (Å²) in [4.78, 5) is 12.8. The average molecular weight is 542 g/mol. The van der Waals surface area contributed by atoms with Crippen molar-refractivity contribution in [3.8, 4) is 0 Å². The van der Waals surface area contributed by atoms with Gasteiger partial charge in [0.25, 0.3) is 0 Å². The van der Waals surface area contributed by atoms with Crippen LogP contribution in [0, 0.1) is 19.8 Å². The molecular weight excluding hydrogens is 505 g/mol. The van der Waals surface area contributed by atoms with Crippen LogP contribution in [0.4, 0.5) is 0 Å². The monoisotopic (exact) mass is 541 g/mol. The van der Waals surface area contributed by atoms with E-state index in [0.717, 1.165) is 43.6 Å². The number of nitrogens with one attached hydrogen (secondary N) is 2. The zero-order valence-corrected chi connectivity index (χ0v) is 21.8. The van der Waals surface area contributed by atoms with Gasteiger partial charge in [0.05, 0.1) is 10.7 Å². The summed E-state index contributed by atoms with van der Waals surface area (Å²) >= 11 is 1.78. The minimum Gasteiger partial charge on any atom is -0.356 e. The number of aromatic nitrogens is 1. The van der Waals surface area contributed by atoms with Crippen molar-refractivity contribution >= 4 is 41.3 Å². The quantitative estimate of drug-likeness (QED) is 0.308. The molecular formula is C23H36IN5S. The standard InChI is InChI=1S/C23H35N5S.HI/c1-17-9-12-28(13-10-17)16-21-7-5-6-20(14-21)15-26-23(24-4)25-11-8-22-27-18(2)19(3)29-22;/h5-7,14,17H,8-13,15-16H2,1-4H3,(H2,24,25,26);1H. The van der Waals surface area contributed by atoms with Crippen molar-refractivity contribution in [1.82, 2.24) is 20.5 Å². The van der Waals surface area contributed by atoms with E-state index in [0.29, 0.717) is 0 Å². The second-order valence-corrected chi connectivity index (χ2v) is 9.42. The highest BCUT2D eigenvalue weighted by Crippen LogP contribution is 2.19. The first-order chi connectivity index (χ1) is 14.0. The number of aliphatic imine (C=N–C) groups is 1. The van der Waals surface area contributed by atoms with Gasteiger partial charge in [-0.25, -0.2) is 4.98 Å². The Morgan fingerprint density at radius 2 is 1.93 bits per heavy atom. The molecule has 0 amide bonds. The summed E-state index contributed by atoms with van der Waals surface area (Å²) in [6, 6.07) is 8.91. The lowest BCUT2D eigenvalue weighted by Gasteiger charge is -2.30. The molecule has 1 aromatic heterocycles. The van der Waals surface area contributed by atoms with Crippen molar-refractivity contribution in [3.05, 3.63) is 51.0 Å². The molecule has 0 spiro atoms. The Kier molecular flexibility index (Phi) is 10.5. The summed E-state index contributed by atoms with van der Waals surface area (Å²) in [6.07, 6.45) is 3.57. The number of nitrogens with zero attached hydrogens (tertiary/aromatic N) is 3. The summed E-state index contributed by atoms with van der Waals surface area (Å²) < 4.78 is 0. The van der Waals surface area contributed by atoms with Gasteiger partial charge in [-0.3, -0.25) is 9.89 Å². The van der Waals surface area contributed by atoms with Gasteiger partial charge < -0.3 is 10.6 Å². The molecule has 0 aliphatic carbocycles. The first-order valence-electron chi connectivity index (χ1n) is 10.7. The fourth-order valence-corrected chi connectivity index (χ4v) is 4.59. The van der Waals surface area contributed by atoms with Crippen LogP contribution in [0.5, 0.6) is 0 Å². The lowest BCUT2D eigenvalue weighted by molar-refractivity contribution is 0.185. The van der Waals surface area contributed by atoms with Crippen LogP contribution in [-0.2, 0) is 19.5 Å². The van der Waals surface area contributed by atoms with E-state index >= 15 is 0 Å². The zero-order valence-electron chi connectivity index (χ0n) is 18.7. The minimum atomic E-state index is 0. The van der Waals surface area contributed by atoms with E-state index in [1.807, 2.05) is 7.05 Å². The maximum absolute atomic E-state index is 4.60. The highest BCUT2D eigenvalue weighted by Gasteiger charge is 2.15. The molecule has 0 bridgehead atoms. The average Bonchev–Trinajstić information content (AvgIpc) is 3.04. The van der Waals surface area contributed by atoms with Crippen molar-refractivity contribution in [2.45, 2.75) is 53.1 Å². The molecule has 7 heteroatoms. The first kappa shape index (κ1) is 25.1. The second-order valence-electron chi connectivity index (χ2n) is 8.13. The van der Waals surface area contributed by atoms with E-state index in [1.54, 1.807) is 11.3 Å². The summed E-state index contributed by atoms with van der Waals surface area (Å²) in [5.41, 5.74) is 3.84. The number of likely N-dealkylation sites (tertiary alicyclic amines) is 1. The van der Waals surface area contributed by atoms with E-state index in [9.17, 15) is 0 Å². The number of aryl methyl sites for hydroxylation is 2. The topological polar surface area (TPSA) is 52.6 Å². The summed E-state index contributed by atoms with van der Waals surface area (Å²) in [5, 5.41) is 8.02. The van der Waals surface area contributed by atoms with Crippen LogP contribution < -0.4 is 10.6 Å². The Hall–Kier alpha value is -1.19. The molecule has 2 heterocycles. The lowest BCUT2D eigenvalue weighted by Crippen LogP contribution is -2.37. The molecule has 2 N–H and O–H groups in total. The SMILES string of the molecule is CN=C(NCCc1nc(C)c(C)s1)NCc1cccc(CN2CCC(C)CC2)c1.I. The molecule has 0 atom stereocenters. The van der Waals surface area contributed by atoms with Crippen LogP contribution >= 0.6 is 35.3 Å². The van der Waals surface area contributed by atoms with Gasteiger partial charge in [0.15, 0.2) is 5.96 Å². The van der Waals surface area contributed by atoms with Gasteiger partial charge in [0.2, 0.25) is 0 Å². The summed E-state index contributed by atoms with van der Waals surface area (Å²) in [7, 11) is 1.82. The third-order valence-corrected chi connectivity index (χ3v) is 6.79. The van der Waals surface area contributed by atoms with Gasteiger partial charge in [-0.05, 0) is 56.8 Å².